The molecule has 0 aliphatic rings. The van der Waals surface area contributed by atoms with Gasteiger partial charge in [0.1, 0.15) is 11.5 Å². The molecular weight excluding hydrogens is 310 g/mol. The summed E-state index contributed by atoms with van der Waals surface area (Å²) in [4.78, 5) is 20.3. The molecule has 5 nitrogen and oxygen atoms in total. The van der Waals surface area contributed by atoms with Crippen molar-refractivity contribution in [3.8, 4) is 11.5 Å². The Bertz CT molecular complexity index is 821. The fraction of sp³-hybridized carbons (Fsp3) is 0.118. The Morgan fingerprint density at radius 1 is 1.35 bits per heavy atom. The second-order valence-electron chi connectivity index (χ2n) is 4.82. The zero-order chi connectivity index (χ0) is 16.1. The maximum Gasteiger partial charge on any atom is 0.244 e. The van der Waals surface area contributed by atoms with E-state index in [2.05, 4.69) is 15.3 Å². The highest BCUT2D eigenvalue weighted by Crippen LogP contribution is 2.23. The molecule has 6 heteroatoms. The molecule has 0 saturated heterocycles. The van der Waals surface area contributed by atoms with E-state index in [1.807, 2.05) is 42.6 Å². The number of amides is 1. The van der Waals surface area contributed by atoms with Gasteiger partial charge in [-0.05, 0) is 37.3 Å². The van der Waals surface area contributed by atoms with Crippen LogP contribution in [0.1, 0.15) is 16.5 Å². The van der Waals surface area contributed by atoms with Gasteiger partial charge in [0, 0.05) is 17.7 Å². The van der Waals surface area contributed by atoms with Crippen LogP contribution < -0.4 is 5.32 Å². The van der Waals surface area contributed by atoms with Gasteiger partial charge in [-0.2, -0.15) is 0 Å². The van der Waals surface area contributed by atoms with Gasteiger partial charge in [-0.25, -0.2) is 4.98 Å². The summed E-state index contributed by atoms with van der Waals surface area (Å²) in [5.41, 5.74) is 1.56. The first-order chi connectivity index (χ1) is 11.2. The molecular formula is C17H15N3O2S. The van der Waals surface area contributed by atoms with Crippen molar-refractivity contribution < 1.29 is 9.21 Å². The fourth-order valence-corrected chi connectivity index (χ4v) is 2.56. The van der Waals surface area contributed by atoms with E-state index in [1.165, 1.54) is 6.08 Å². The number of rotatable bonds is 5. The number of hydrogen-bond donors (Lipinski definition) is 1. The van der Waals surface area contributed by atoms with Crippen molar-refractivity contribution in [3.05, 3.63) is 64.4 Å². The molecule has 0 spiro atoms. The molecule has 0 saturated carbocycles. The Morgan fingerprint density at radius 2 is 2.26 bits per heavy atom. The molecule has 0 radical (unpaired) electrons. The van der Waals surface area contributed by atoms with E-state index < -0.39 is 0 Å². The van der Waals surface area contributed by atoms with Crippen LogP contribution in [0.2, 0.25) is 0 Å². The lowest BCUT2D eigenvalue weighted by Gasteiger charge is -1.99. The van der Waals surface area contributed by atoms with Crippen molar-refractivity contribution in [3.63, 3.8) is 0 Å². The van der Waals surface area contributed by atoms with E-state index in [0.29, 0.717) is 18.1 Å². The first-order valence-electron chi connectivity index (χ1n) is 7.09. The number of furan rings is 1. The average Bonchev–Trinajstić information content (AvgIpc) is 3.20. The van der Waals surface area contributed by atoms with Gasteiger partial charge in [-0.1, -0.05) is 6.07 Å². The van der Waals surface area contributed by atoms with Crippen LogP contribution in [0.3, 0.4) is 0 Å². The topological polar surface area (TPSA) is 68.0 Å². The number of thiazole rings is 1. The summed E-state index contributed by atoms with van der Waals surface area (Å²) in [5.74, 6) is 1.20. The third-order valence-electron chi connectivity index (χ3n) is 3.06. The number of pyridine rings is 1. The van der Waals surface area contributed by atoms with Gasteiger partial charge in [-0.15, -0.1) is 11.3 Å². The third kappa shape index (κ3) is 4.14. The van der Waals surface area contributed by atoms with Crippen LogP contribution in [-0.4, -0.2) is 15.9 Å². The Labute approximate surface area is 137 Å². The molecule has 3 aromatic rings. The van der Waals surface area contributed by atoms with Crippen molar-refractivity contribution >= 4 is 23.3 Å². The molecule has 0 unspecified atom stereocenters. The first-order valence-corrected chi connectivity index (χ1v) is 7.97. The zero-order valence-electron chi connectivity index (χ0n) is 12.5. The molecule has 0 atom stereocenters. The van der Waals surface area contributed by atoms with E-state index in [4.69, 9.17) is 4.42 Å². The molecule has 116 valence electrons. The molecule has 23 heavy (non-hydrogen) atoms. The van der Waals surface area contributed by atoms with Crippen LogP contribution >= 0.6 is 11.3 Å². The minimum atomic E-state index is -0.196. The van der Waals surface area contributed by atoms with Crippen LogP contribution in [0.5, 0.6) is 0 Å². The van der Waals surface area contributed by atoms with Gasteiger partial charge in [0.25, 0.3) is 0 Å². The standard InChI is InChI=1S/C17H15N3O2S/c1-12-20-15(11-23-12)16-7-6-14(22-16)10-19-17(21)8-5-13-4-2-3-9-18-13/h2-9,11H,10H2,1H3,(H,19,21)/b8-5-. The summed E-state index contributed by atoms with van der Waals surface area (Å²) >= 11 is 1.58. The minimum Gasteiger partial charge on any atom is -0.458 e. The van der Waals surface area contributed by atoms with Gasteiger partial charge in [0.15, 0.2) is 5.76 Å². The lowest BCUT2D eigenvalue weighted by molar-refractivity contribution is -0.116. The van der Waals surface area contributed by atoms with Crippen molar-refractivity contribution in [2.24, 2.45) is 0 Å². The SMILES string of the molecule is Cc1nc(-c2ccc(CNC(=O)/C=C\c3ccccn3)o2)cs1. The van der Waals surface area contributed by atoms with E-state index in [1.54, 1.807) is 23.6 Å². The molecule has 3 heterocycles. The van der Waals surface area contributed by atoms with Gasteiger partial charge in [-0.3, -0.25) is 9.78 Å². The van der Waals surface area contributed by atoms with Gasteiger partial charge in [0.05, 0.1) is 17.2 Å². The van der Waals surface area contributed by atoms with Crippen molar-refractivity contribution in [2.45, 2.75) is 13.5 Å². The van der Waals surface area contributed by atoms with E-state index in [9.17, 15) is 4.79 Å². The van der Waals surface area contributed by atoms with E-state index >= 15 is 0 Å². The van der Waals surface area contributed by atoms with Gasteiger partial charge >= 0.3 is 0 Å². The number of carbonyl (C=O) groups excluding carboxylic acids is 1. The highest BCUT2D eigenvalue weighted by molar-refractivity contribution is 7.09. The molecule has 3 rings (SSSR count). The maximum absolute atomic E-state index is 11.8. The predicted octanol–water partition coefficient (Wildman–Crippen LogP) is 3.44. The second-order valence-corrected chi connectivity index (χ2v) is 5.89. The third-order valence-corrected chi connectivity index (χ3v) is 3.84. The largest absolute Gasteiger partial charge is 0.458 e. The Morgan fingerprint density at radius 3 is 3.00 bits per heavy atom. The minimum absolute atomic E-state index is 0.196. The van der Waals surface area contributed by atoms with Crippen molar-refractivity contribution in [2.75, 3.05) is 0 Å². The first kappa shape index (κ1) is 15.2. The summed E-state index contributed by atoms with van der Waals surface area (Å²) in [6.45, 7) is 2.28. The van der Waals surface area contributed by atoms with Gasteiger partial charge < -0.3 is 9.73 Å². The zero-order valence-corrected chi connectivity index (χ0v) is 13.3. The monoisotopic (exact) mass is 325 g/mol. The Balaban J connectivity index is 1.55. The van der Waals surface area contributed by atoms with Crippen LogP contribution in [0.25, 0.3) is 17.5 Å². The molecule has 0 bridgehead atoms. The van der Waals surface area contributed by atoms with E-state index in [-0.39, 0.29) is 5.91 Å². The summed E-state index contributed by atoms with van der Waals surface area (Å²) in [6, 6.07) is 9.23. The summed E-state index contributed by atoms with van der Waals surface area (Å²) in [7, 11) is 0. The number of aromatic nitrogens is 2. The highest BCUT2D eigenvalue weighted by Gasteiger charge is 2.08. The van der Waals surface area contributed by atoms with Gasteiger partial charge in [0.2, 0.25) is 5.91 Å². The molecule has 0 aromatic carbocycles. The number of hydrogen-bond acceptors (Lipinski definition) is 5. The Kier molecular flexibility index (Phi) is 4.63. The average molecular weight is 325 g/mol. The molecule has 1 N–H and O–H groups in total. The lowest BCUT2D eigenvalue weighted by Crippen LogP contribution is -2.19. The normalized spacial score (nSPS) is 11.0. The second kappa shape index (κ2) is 7.02. The number of carbonyl (C=O) groups is 1. The summed E-state index contributed by atoms with van der Waals surface area (Å²) < 4.78 is 5.69. The molecule has 3 aromatic heterocycles. The smallest absolute Gasteiger partial charge is 0.244 e. The molecule has 0 aliphatic carbocycles. The maximum atomic E-state index is 11.8. The van der Waals surface area contributed by atoms with Crippen molar-refractivity contribution in [1.29, 1.82) is 0 Å². The highest BCUT2D eigenvalue weighted by atomic mass is 32.1. The summed E-state index contributed by atoms with van der Waals surface area (Å²) in [5, 5.41) is 5.72. The molecule has 1 amide bonds. The van der Waals surface area contributed by atoms with Crippen LogP contribution in [0, 0.1) is 6.92 Å². The van der Waals surface area contributed by atoms with Crippen LogP contribution in [-0.2, 0) is 11.3 Å². The summed E-state index contributed by atoms with van der Waals surface area (Å²) in [6.07, 6.45) is 4.80. The van der Waals surface area contributed by atoms with Crippen molar-refractivity contribution in [1.82, 2.24) is 15.3 Å². The van der Waals surface area contributed by atoms with Crippen LogP contribution in [0.4, 0.5) is 0 Å². The molecule has 0 fully saturated rings. The van der Waals surface area contributed by atoms with E-state index in [0.717, 1.165) is 16.4 Å². The Hall–Kier alpha value is -2.73. The fourth-order valence-electron chi connectivity index (χ4n) is 1.96. The number of nitrogens with zero attached hydrogens (tertiary/aromatic N) is 2. The lowest BCUT2D eigenvalue weighted by atomic mass is 10.3. The number of aryl methyl sites for hydroxylation is 1. The quantitative estimate of drug-likeness (QED) is 0.730. The predicted molar refractivity (Wildman–Crippen MR) is 89.7 cm³/mol. The van der Waals surface area contributed by atoms with Crippen LogP contribution in [0.15, 0.2) is 52.4 Å². The number of nitrogens with one attached hydrogen (secondary N) is 1. The molecule has 0 aliphatic heterocycles.